The summed E-state index contributed by atoms with van der Waals surface area (Å²) in [5.41, 5.74) is 1.43. The summed E-state index contributed by atoms with van der Waals surface area (Å²) in [7, 11) is 0. The van der Waals surface area contributed by atoms with Crippen molar-refractivity contribution < 1.29 is 13.7 Å². The second-order valence-corrected chi connectivity index (χ2v) is 4.27. The first kappa shape index (κ1) is 12.4. The molecule has 5 nitrogen and oxygen atoms in total. The van der Waals surface area contributed by atoms with E-state index in [4.69, 9.17) is 8.94 Å². The van der Waals surface area contributed by atoms with Crippen LogP contribution in [0.1, 0.15) is 33.3 Å². The fourth-order valence-corrected chi connectivity index (χ4v) is 1.78. The number of amides is 1. The molecule has 0 fully saturated rings. The van der Waals surface area contributed by atoms with Crippen LogP contribution in [0.4, 0.5) is 0 Å². The number of nitrogens with one attached hydrogen (secondary N) is 1. The van der Waals surface area contributed by atoms with Crippen LogP contribution >= 0.6 is 0 Å². The Bertz CT molecular complexity index is 554. The van der Waals surface area contributed by atoms with Crippen LogP contribution in [0.15, 0.2) is 21.1 Å². The molecule has 0 aromatic carbocycles. The fraction of sp³-hybridized carbons (Fsp3) is 0.385. The molecule has 1 N–H and O–H groups in total. The standard InChI is InChI=1S/C13H16N2O3/c1-8-6-11(18-15-8)4-5-14-13(16)12-7-9(2)17-10(12)3/h6-7H,4-5H2,1-3H3,(H,14,16). The zero-order valence-electron chi connectivity index (χ0n) is 10.7. The zero-order chi connectivity index (χ0) is 13.1. The van der Waals surface area contributed by atoms with Crippen LogP contribution in [-0.4, -0.2) is 17.6 Å². The van der Waals surface area contributed by atoms with Gasteiger partial charge in [-0.25, -0.2) is 0 Å². The molecule has 0 unspecified atom stereocenters. The topological polar surface area (TPSA) is 68.3 Å². The number of carbonyl (C=O) groups is 1. The fourth-order valence-electron chi connectivity index (χ4n) is 1.78. The number of aromatic nitrogens is 1. The first-order valence-corrected chi connectivity index (χ1v) is 5.83. The number of nitrogens with zero attached hydrogens (tertiary/aromatic N) is 1. The Balaban J connectivity index is 1.87. The van der Waals surface area contributed by atoms with Gasteiger partial charge in [-0.15, -0.1) is 0 Å². The average molecular weight is 248 g/mol. The highest BCUT2D eigenvalue weighted by Gasteiger charge is 2.13. The third kappa shape index (κ3) is 2.80. The van der Waals surface area contributed by atoms with Gasteiger partial charge in [0, 0.05) is 19.0 Å². The van der Waals surface area contributed by atoms with Crippen LogP contribution in [0.2, 0.25) is 0 Å². The molecule has 1 amide bonds. The quantitative estimate of drug-likeness (QED) is 0.900. The third-order valence-corrected chi connectivity index (χ3v) is 2.62. The zero-order valence-corrected chi connectivity index (χ0v) is 10.7. The Morgan fingerprint density at radius 2 is 2.11 bits per heavy atom. The lowest BCUT2D eigenvalue weighted by atomic mass is 10.2. The van der Waals surface area contributed by atoms with Gasteiger partial charge >= 0.3 is 0 Å². The third-order valence-electron chi connectivity index (χ3n) is 2.62. The summed E-state index contributed by atoms with van der Waals surface area (Å²) >= 11 is 0. The molecule has 2 rings (SSSR count). The van der Waals surface area contributed by atoms with Crippen molar-refractivity contribution >= 4 is 5.91 Å². The van der Waals surface area contributed by atoms with E-state index in [1.54, 1.807) is 13.0 Å². The molecule has 0 aliphatic carbocycles. The molecule has 5 heteroatoms. The highest BCUT2D eigenvalue weighted by molar-refractivity contribution is 5.95. The number of aryl methyl sites for hydroxylation is 3. The van der Waals surface area contributed by atoms with E-state index in [-0.39, 0.29) is 5.91 Å². The highest BCUT2D eigenvalue weighted by atomic mass is 16.5. The molecule has 2 aromatic heterocycles. The minimum atomic E-state index is -0.124. The molecule has 0 atom stereocenters. The van der Waals surface area contributed by atoms with Gasteiger partial charge in [-0.3, -0.25) is 4.79 Å². The SMILES string of the molecule is Cc1cc(CCNC(=O)c2cc(C)oc2C)on1. The molecule has 0 saturated carbocycles. The minimum Gasteiger partial charge on any atom is -0.466 e. The molecule has 0 aliphatic heterocycles. The average Bonchev–Trinajstić information content (AvgIpc) is 2.85. The van der Waals surface area contributed by atoms with Crippen LogP contribution < -0.4 is 5.32 Å². The normalized spacial score (nSPS) is 10.6. The summed E-state index contributed by atoms with van der Waals surface area (Å²) in [5.74, 6) is 2.03. The van der Waals surface area contributed by atoms with E-state index in [0.29, 0.717) is 24.3 Å². The Kier molecular flexibility index (Phi) is 3.50. The lowest BCUT2D eigenvalue weighted by Crippen LogP contribution is -2.25. The van der Waals surface area contributed by atoms with Gasteiger partial charge in [-0.1, -0.05) is 5.16 Å². The van der Waals surface area contributed by atoms with Crippen molar-refractivity contribution in [2.45, 2.75) is 27.2 Å². The van der Waals surface area contributed by atoms with Gasteiger partial charge in [0.15, 0.2) is 0 Å². The number of carbonyl (C=O) groups excluding carboxylic acids is 1. The van der Waals surface area contributed by atoms with E-state index >= 15 is 0 Å². The van der Waals surface area contributed by atoms with Crippen molar-refractivity contribution in [3.05, 3.63) is 40.7 Å². The van der Waals surface area contributed by atoms with Gasteiger partial charge in [0.25, 0.3) is 5.91 Å². The van der Waals surface area contributed by atoms with Gasteiger partial charge in [0.05, 0.1) is 11.3 Å². The predicted molar refractivity (Wildman–Crippen MR) is 65.5 cm³/mol. The van der Waals surface area contributed by atoms with E-state index in [2.05, 4.69) is 10.5 Å². The van der Waals surface area contributed by atoms with Gasteiger partial charge in [0.2, 0.25) is 0 Å². The molecule has 0 saturated heterocycles. The van der Waals surface area contributed by atoms with Crippen LogP contribution in [-0.2, 0) is 6.42 Å². The molecular weight excluding hydrogens is 232 g/mol. The van der Waals surface area contributed by atoms with Gasteiger partial charge < -0.3 is 14.3 Å². The van der Waals surface area contributed by atoms with Crippen molar-refractivity contribution in [2.24, 2.45) is 0 Å². The van der Waals surface area contributed by atoms with Gasteiger partial charge in [-0.2, -0.15) is 0 Å². The van der Waals surface area contributed by atoms with Crippen molar-refractivity contribution in [3.8, 4) is 0 Å². The monoisotopic (exact) mass is 248 g/mol. The molecule has 2 aromatic rings. The first-order valence-electron chi connectivity index (χ1n) is 5.83. The highest BCUT2D eigenvalue weighted by Crippen LogP contribution is 2.13. The summed E-state index contributed by atoms with van der Waals surface area (Å²) in [6.45, 7) is 5.98. The molecule has 2 heterocycles. The summed E-state index contributed by atoms with van der Waals surface area (Å²) < 4.78 is 10.4. The van der Waals surface area contributed by atoms with Crippen LogP contribution in [0.3, 0.4) is 0 Å². The lowest BCUT2D eigenvalue weighted by Gasteiger charge is -2.01. The van der Waals surface area contributed by atoms with Crippen LogP contribution in [0, 0.1) is 20.8 Å². The van der Waals surface area contributed by atoms with Gasteiger partial charge in [0.1, 0.15) is 17.3 Å². The molecule has 0 aliphatic rings. The second kappa shape index (κ2) is 5.08. The smallest absolute Gasteiger partial charge is 0.254 e. The van der Waals surface area contributed by atoms with Crippen LogP contribution in [0.25, 0.3) is 0 Å². The molecular formula is C13H16N2O3. The summed E-state index contributed by atoms with van der Waals surface area (Å²) in [6.07, 6.45) is 0.627. The molecule has 96 valence electrons. The predicted octanol–water partition coefficient (Wildman–Crippen LogP) is 2.17. The number of hydrogen-bond acceptors (Lipinski definition) is 4. The number of hydrogen-bond donors (Lipinski definition) is 1. The maximum Gasteiger partial charge on any atom is 0.254 e. The summed E-state index contributed by atoms with van der Waals surface area (Å²) in [4.78, 5) is 11.9. The Morgan fingerprint density at radius 3 is 2.67 bits per heavy atom. The molecule has 0 radical (unpaired) electrons. The van der Waals surface area contributed by atoms with E-state index in [1.165, 1.54) is 0 Å². The Hall–Kier alpha value is -2.04. The lowest BCUT2D eigenvalue weighted by molar-refractivity contribution is 0.0952. The van der Waals surface area contributed by atoms with Gasteiger partial charge in [-0.05, 0) is 26.8 Å². The van der Waals surface area contributed by atoms with E-state index in [1.807, 2.05) is 19.9 Å². The van der Waals surface area contributed by atoms with Crippen LogP contribution in [0.5, 0.6) is 0 Å². The maximum atomic E-state index is 11.9. The first-order chi connectivity index (χ1) is 8.56. The maximum absolute atomic E-state index is 11.9. The minimum absolute atomic E-state index is 0.124. The van der Waals surface area contributed by atoms with E-state index < -0.39 is 0 Å². The Morgan fingerprint density at radius 1 is 1.33 bits per heavy atom. The second-order valence-electron chi connectivity index (χ2n) is 4.27. The van der Waals surface area contributed by atoms with E-state index in [0.717, 1.165) is 17.2 Å². The van der Waals surface area contributed by atoms with Crippen molar-refractivity contribution in [2.75, 3.05) is 6.54 Å². The number of rotatable bonds is 4. The summed E-state index contributed by atoms with van der Waals surface area (Å²) in [5, 5.41) is 6.61. The van der Waals surface area contributed by atoms with E-state index in [9.17, 15) is 4.79 Å². The Labute approximate surface area is 105 Å². The molecule has 18 heavy (non-hydrogen) atoms. The van der Waals surface area contributed by atoms with Crippen molar-refractivity contribution in [3.63, 3.8) is 0 Å². The molecule has 0 bridgehead atoms. The van der Waals surface area contributed by atoms with Crippen molar-refractivity contribution in [1.82, 2.24) is 10.5 Å². The summed E-state index contributed by atoms with van der Waals surface area (Å²) in [6, 6.07) is 3.60. The number of furan rings is 1. The largest absolute Gasteiger partial charge is 0.466 e. The molecule has 0 spiro atoms. The van der Waals surface area contributed by atoms with Crippen molar-refractivity contribution in [1.29, 1.82) is 0 Å².